The first kappa shape index (κ1) is 27.4. The van der Waals surface area contributed by atoms with Crippen molar-refractivity contribution in [2.75, 3.05) is 39.4 Å². The maximum absolute atomic E-state index is 13.0. The lowest BCUT2D eigenvalue weighted by atomic mass is 9.96. The van der Waals surface area contributed by atoms with E-state index in [0.29, 0.717) is 18.8 Å². The normalized spacial score (nSPS) is 16.8. The van der Waals surface area contributed by atoms with Crippen molar-refractivity contribution >= 4 is 5.91 Å². The molecule has 1 saturated heterocycles. The van der Waals surface area contributed by atoms with Gasteiger partial charge in [0.15, 0.2) is 0 Å². The number of halogens is 6. The van der Waals surface area contributed by atoms with Crippen LogP contribution in [0.3, 0.4) is 0 Å². The summed E-state index contributed by atoms with van der Waals surface area (Å²) in [6, 6.07) is 0.921. The highest BCUT2D eigenvalue weighted by Crippen LogP contribution is 2.36. The molecule has 0 aliphatic carbocycles. The van der Waals surface area contributed by atoms with Crippen LogP contribution in [0, 0.1) is 5.92 Å². The van der Waals surface area contributed by atoms with Gasteiger partial charge in [-0.2, -0.15) is 26.3 Å². The summed E-state index contributed by atoms with van der Waals surface area (Å²) in [6.45, 7) is 10.5. The molecule has 1 aromatic rings. The number of carbonyl (C=O) groups excluding carboxylic acids is 1. The predicted molar refractivity (Wildman–Crippen MR) is 114 cm³/mol. The highest BCUT2D eigenvalue weighted by atomic mass is 19.4. The minimum atomic E-state index is -4.99. The fraction of sp³-hybridized carbons (Fsp3) is 0.682. The Kier molecular flexibility index (Phi) is 9.17. The van der Waals surface area contributed by atoms with Crippen LogP contribution >= 0.6 is 0 Å². The van der Waals surface area contributed by atoms with E-state index in [1.807, 2.05) is 0 Å². The average molecular weight is 483 g/mol. The molecule has 0 bridgehead atoms. The first-order chi connectivity index (χ1) is 15.1. The highest BCUT2D eigenvalue weighted by Gasteiger charge is 2.37. The van der Waals surface area contributed by atoms with Crippen molar-refractivity contribution in [2.45, 2.75) is 51.5 Å². The third-order valence-corrected chi connectivity index (χ3v) is 5.46. The molecule has 0 radical (unpaired) electrons. The molecule has 0 spiro atoms. The smallest absolute Gasteiger partial charge is 0.352 e. The standard InChI is InChI=1S/C22H32F6N4O/c1-20(2,3)31-14-29-6-9-32-7-4-15(5-8-32)13-30-19(33)16-10-17(21(23,24)25)12-18(11-16)22(26,27)28/h10-12,15,29,31H,4-9,13-14H2,1-3H3,(H,30,33). The number of nitrogens with zero attached hydrogens (tertiary/aromatic N) is 1. The number of carbonyl (C=O) groups is 1. The summed E-state index contributed by atoms with van der Waals surface area (Å²) in [4.78, 5) is 14.6. The van der Waals surface area contributed by atoms with E-state index in [9.17, 15) is 31.1 Å². The molecule has 1 aliphatic heterocycles. The topological polar surface area (TPSA) is 56.4 Å². The molecule has 188 valence electrons. The summed E-state index contributed by atoms with van der Waals surface area (Å²) < 4.78 is 77.9. The fourth-order valence-electron chi connectivity index (χ4n) is 3.49. The number of alkyl halides is 6. The van der Waals surface area contributed by atoms with Gasteiger partial charge in [-0.05, 0) is 70.8 Å². The zero-order chi connectivity index (χ0) is 24.9. The Balaban J connectivity index is 1.81. The van der Waals surface area contributed by atoms with Crippen molar-refractivity contribution in [3.05, 3.63) is 34.9 Å². The van der Waals surface area contributed by atoms with E-state index >= 15 is 0 Å². The van der Waals surface area contributed by atoms with Gasteiger partial charge in [-0.3, -0.25) is 10.1 Å². The van der Waals surface area contributed by atoms with E-state index in [-0.39, 0.29) is 24.1 Å². The molecule has 2 rings (SSSR count). The zero-order valence-corrected chi connectivity index (χ0v) is 19.1. The summed E-state index contributed by atoms with van der Waals surface area (Å²) in [7, 11) is 0. The summed E-state index contributed by atoms with van der Waals surface area (Å²) in [6.07, 6.45) is -8.39. The first-order valence-electron chi connectivity index (χ1n) is 10.9. The first-order valence-corrected chi connectivity index (χ1v) is 10.9. The van der Waals surface area contributed by atoms with Crippen molar-refractivity contribution in [3.8, 4) is 0 Å². The molecule has 1 fully saturated rings. The van der Waals surface area contributed by atoms with E-state index in [2.05, 4.69) is 41.6 Å². The Labute approximate surface area is 190 Å². The third kappa shape index (κ3) is 9.50. The number of piperidine rings is 1. The van der Waals surface area contributed by atoms with Crippen LogP contribution in [0.4, 0.5) is 26.3 Å². The van der Waals surface area contributed by atoms with Crippen LogP contribution in [0.5, 0.6) is 0 Å². The lowest BCUT2D eigenvalue weighted by Crippen LogP contribution is -2.45. The monoisotopic (exact) mass is 482 g/mol. The summed E-state index contributed by atoms with van der Waals surface area (Å²) in [5.41, 5.74) is -3.60. The third-order valence-electron chi connectivity index (χ3n) is 5.46. The van der Waals surface area contributed by atoms with Gasteiger partial charge in [-0.1, -0.05) is 0 Å². The van der Waals surface area contributed by atoms with E-state index in [1.54, 1.807) is 0 Å². The molecule has 1 amide bonds. The second-order valence-corrected chi connectivity index (χ2v) is 9.39. The molecule has 0 aromatic heterocycles. The number of hydrogen-bond donors (Lipinski definition) is 3. The van der Waals surface area contributed by atoms with Gasteiger partial charge < -0.3 is 15.5 Å². The number of likely N-dealkylation sites (tertiary alicyclic amines) is 1. The van der Waals surface area contributed by atoms with Crippen molar-refractivity contribution in [2.24, 2.45) is 5.92 Å². The SMILES string of the molecule is CC(C)(C)NCNCCN1CCC(CNC(=O)c2cc(C(F)(F)F)cc(C(F)(F)F)c2)CC1. The molecule has 5 nitrogen and oxygen atoms in total. The van der Waals surface area contributed by atoms with Crippen molar-refractivity contribution < 1.29 is 31.1 Å². The lowest BCUT2D eigenvalue weighted by Gasteiger charge is -2.32. The van der Waals surface area contributed by atoms with Crippen LogP contribution in [0.25, 0.3) is 0 Å². The largest absolute Gasteiger partial charge is 0.416 e. The van der Waals surface area contributed by atoms with Gasteiger partial charge in [-0.25, -0.2) is 0 Å². The van der Waals surface area contributed by atoms with E-state index in [4.69, 9.17) is 0 Å². The van der Waals surface area contributed by atoms with Crippen LogP contribution in [0.1, 0.15) is 55.1 Å². The van der Waals surface area contributed by atoms with Crippen LogP contribution in [0.15, 0.2) is 18.2 Å². The molecular weight excluding hydrogens is 450 g/mol. The van der Waals surface area contributed by atoms with Crippen LogP contribution < -0.4 is 16.0 Å². The van der Waals surface area contributed by atoms with Crippen LogP contribution in [-0.4, -0.2) is 55.7 Å². The van der Waals surface area contributed by atoms with Crippen molar-refractivity contribution in [3.63, 3.8) is 0 Å². The molecule has 0 unspecified atom stereocenters. The number of benzene rings is 1. The van der Waals surface area contributed by atoms with E-state index in [0.717, 1.165) is 39.0 Å². The van der Waals surface area contributed by atoms with Crippen molar-refractivity contribution in [1.82, 2.24) is 20.9 Å². The van der Waals surface area contributed by atoms with Gasteiger partial charge in [0.1, 0.15) is 0 Å². The predicted octanol–water partition coefficient (Wildman–Crippen LogP) is 4.10. The molecular formula is C22H32F6N4O. The number of nitrogens with one attached hydrogen (secondary N) is 3. The Bertz CT molecular complexity index is 748. The van der Waals surface area contributed by atoms with Gasteiger partial charge in [0.2, 0.25) is 0 Å². The summed E-state index contributed by atoms with van der Waals surface area (Å²) >= 11 is 0. The Hall–Kier alpha value is -1.85. The van der Waals surface area contributed by atoms with Gasteiger partial charge >= 0.3 is 12.4 Å². The number of rotatable bonds is 8. The minimum Gasteiger partial charge on any atom is -0.352 e. The van der Waals surface area contributed by atoms with Gasteiger partial charge in [-0.15, -0.1) is 0 Å². The quantitative estimate of drug-likeness (QED) is 0.297. The van der Waals surface area contributed by atoms with Gasteiger partial charge in [0.05, 0.1) is 11.1 Å². The summed E-state index contributed by atoms with van der Waals surface area (Å²) in [5.74, 6) is -0.821. The van der Waals surface area contributed by atoms with Crippen LogP contribution in [-0.2, 0) is 12.4 Å². The second-order valence-electron chi connectivity index (χ2n) is 9.39. The molecule has 33 heavy (non-hydrogen) atoms. The molecule has 11 heteroatoms. The molecule has 0 atom stereocenters. The summed E-state index contributed by atoms with van der Waals surface area (Å²) in [5, 5.41) is 9.16. The maximum atomic E-state index is 13.0. The minimum absolute atomic E-state index is 0.0144. The molecule has 0 saturated carbocycles. The Morgan fingerprint density at radius 2 is 1.52 bits per heavy atom. The lowest BCUT2D eigenvalue weighted by molar-refractivity contribution is -0.143. The average Bonchev–Trinajstić information content (AvgIpc) is 2.70. The van der Waals surface area contributed by atoms with Crippen LogP contribution in [0.2, 0.25) is 0 Å². The van der Waals surface area contributed by atoms with E-state index in [1.165, 1.54) is 0 Å². The van der Waals surface area contributed by atoms with Gasteiger partial charge in [0.25, 0.3) is 5.91 Å². The highest BCUT2D eigenvalue weighted by molar-refractivity contribution is 5.94. The maximum Gasteiger partial charge on any atom is 0.416 e. The number of amides is 1. The fourth-order valence-corrected chi connectivity index (χ4v) is 3.49. The zero-order valence-electron chi connectivity index (χ0n) is 19.1. The molecule has 3 N–H and O–H groups in total. The second kappa shape index (κ2) is 11.1. The van der Waals surface area contributed by atoms with Gasteiger partial charge in [0, 0.05) is 37.4 Å². The van der Waals surface area contributed by atoms with E-state index < -0.39 is 35.0 Å². The molecule has 1 aromatic carbocycles. The van der Waals surface area contributed by atoms with Crippen molar-refractivity contribution in [1.29, 1.82) is 0 Å². The Morgan fingerprint density at radius 1 is 0.970 bits per heavy atom. The molecule has 1 aliphatic rings. The number of hydrogen-bond acceptors (Lipinski definition) is 4. The Morgan fingerprint density at radius 3 is 2.00 bits per heavy atom. The molecule has 1 heterocycles.